The van der Waals surface area contributed by atoms with Crippen molar-refractivity contribution in [1.29, 1.82) is 0 Å². The minimum atomic E-state index is -0.400. The lowest BCUT2D eigenvalue weighted by Gasteiger charge is -2.15. The van der Waals surface area contributed by atoms with Gasteiger partial charge in [-0.3, -0.25) is 9.59 Å². The first-order valence-corrected chi connectivity index (χ1v) is 9.06. The molecule has 1 aromatic heterocycles. The average Bonchev–Trinajstić information content (AvgIpc) is 2.84. The molecule has 122 valence electrons. The Morgan fingerprint density at radius 2 is 2.00 bits per heavy atom. The van der Waals surface area contributed by atoms with Gasteiger partial charge in [0.25, 0.3) is 5.91 Å². The second-order valence-electron chi connectivity index (χ2n) is 5.31. The summed E-state index contributed by atoms with van der Waals surface area (Å²) in [5.41, 5.74) is 6.89. The summed E-state index contributed by atoms with van der Waals surface area (Å²) >= 11 is 3.01. The molecule has 1 unspecified atom stereocenters. The predicted octanol–water partition coefficient (Wildman–Crippen LogP) is 3.43. The van der Waals surface area contributed by atoms with Crippen LogP contribution in [0, 0.1) is 13.8 Å². The van der Waals surface area contributed by atoms with Gasteiger partial charge in [0.15, 0.2) is 0 Å². The van der Waals surface area contributed by atoms with Gasteiger partial charge < -0.3 is 11.1 Å². The average molecular weight is 348 g/mol. The largest absolute Gasteiger partial charge is 0.369 e. The summed E-state index contributed by atoms with van der Waals surface area (Å²) in [6, 6.07) is 9.29. The quantitative estimate of drug-likeness (QED) is 0.786. The molecule has 0 fully saturated rings. The summed E-state index contributed by atoms with van der Waals surface area (Å²) in [5, 5.41) is 3.03. The Hall–Kier alpha value is -1.79. The third-order valence-electron chi connectivity index (χ3n) is 3.40. The van der Waals surface area contributed by atoms with Crippen LogP contribution >= 0.6 is 23.1 Å². The maximum atomic E-state index is 12.6. The number of amides is 2. The monoisotopic (exact) mass is 348 g/mol. The molecule has 4 nitrogen and oxygen atoms in total. The Morgan fingerprint density at radius 1 is 1.30 bits per heavy atom. The van der Waals surface area contributed by atoms with Crippen molar-refractivity contribution in [1.82, 2.24) is 5.32 Å². The number of hydrogen-bond acceptors (Lipinski definition) is 4. The van der Waals surface area contributed by atoms with E-state index in [2.05, 4.69) is 25.2 Å². The number of hydrogen-bond donors (Lipinski definition) is 2. The fourth-order valence-corrected chi connectivity index (χ4v) is 4.17. The van der Waals surface area contributed by atoms with Crippen LogP contribution < -0.4 is 11.1 Å². The van der Waals surface area contributed by atoms with Crippen LogP contribution in [0.3, 0.4) is 0 Å². The Bertz CT molecular complexity index is 725. The number of rotatable bonds is 6. The minimum Gasteiger partial charge on any atom is -0.369 e. The van der Waals surface area contributed by atoms with E-state index in [1.807, 2.05) is 25.1 Å². The predicted molar refractivity (Wildman–Crippen MR) is 96.0 cm³/mol. The zero-order valence-electron chi connectivity index (χ0n) is 13.4. The Balaban J connectivity index is 2.14. The standard InChI is InChI=1S/C17H20N2O2S2/c1-10-8-14(12(3)23-10)11(2)19-17(21)13-6-4-5-7-15(13)22-9-16(18)20/h4-8,11H,9H2,1-3H3,(H2,18,20)(H,19,21). The van der Waals surface area contributed by atoms with E-state index < -0.39 is 5.91 Å². The first kappa shape index (κ1) is 17.6. The fourth-order valence-electron chi connectivity index (χ4n) is 2.36. The molecule has 0 spiro atoms. The molecule has 0 radical (unpaired) electrons. The van der Waals surface area contributed by atoms with Crippen LogP contribution in [0.15, 0.2) is 35.2 Å². The number of thiophene rings is 1. The van der Waals surface area contributed by atoms with Crippen molar-refractivity contribution < 1.29 is 9.59 Å². The van der Waals surface area contributed by atoms with Gasteiger partial charge in [-0.05, 0) is 44.5 Å². The van der Waals surface area contributed by atoms with Gasteiger partial charge in [-0.1, -0.05) is 12.1 Å². The Morgan fingerprint density at radius 3 is 2.61 bits per heavy atom. The SMILES string of the molecule is Cc1cc(C(C)NC(=O)c2ccccc2SCC(N)=O)c(C)s1. The van der Waals surface area contributed by atoms with Crippen LogP contribution in [0.25, 0.3) is 0 Å². The molecule has 0 bridgehead atoms. The molecule has 0 aliphatic heterocycles. The van der Waals surface area contributed by atoms with Crippen LogP contribution in [-0.4, -0.2) is 17.6 Å². The van der Waals surface area contributed by atoms with Crippen molar-refractivity contribution in [3.63, 3.8) is 0 Å². The zero-order valence-corrected chi connectivity index (χ0v) is 15.0. The number of benzene rings is 1. The molecule has 0 saturated carbocycles. The van der Waals surface area contributed by atoms with Gasteiger partial charge in [-0.15, -0.1) is 23.1 Å². The lowest BCUT2D eigenvalue weighted by molar-refractivity contribution is -0.115. The minimum absolute atomic E-state index is 0.0679. The normalized spacial score (nSPS) is 12.0. The van der Waals surface area contributed by atoms with Gasteiger partial charge in [-0.25, -0.2) is 0 Å². The number of aryl methyl sites for hydroxylation is 2. The van der Waals surface area contributed by atoms with Crippen molar-refractivity contribution in [2.45, 2.75) is 31.7 Å². The van der Waals surface area contributed by atoms with Crippen LogP contribution in [0.5, 0.6) is 0 Å². The number of primary amides is 1. The molecule has 1 atom stereocenters. The summed E-state index contributed by atoms with van der Waals surface area (Å²) in [6.07, 6.45) is 0. The molecular weight excluding hydrogens is 328 g/mol. The van der Waals surface area contributed by atoms with E-state index in [0.29, 0.717) is 5.56 Å². The van der Waals surface area contributed by atoms with E-state index in [4.69, 9.17) is 5.73 Å². The van der Waals surface area contributed by atoms with Gasteiger partial charge in [0.1, 0.15) is 0 Å². The lowest BCUT2D eigenvalue weighted by Crippen LogP contribution is -2.27. The van der Waals surface area contributed by atoms with Crippen molar-refractivity contribution in [3.05, 3.63) is 51.2 Å². The molecule has 0 saturated heterocycles. The van der Waals surface area contributed by atoms with Crippen molar-refractivity contribution in [2.75, 3.05) is 5.75 Å². The first-order chi connectivity index (χ1) is 10.9. The van der Waals surface area contributed by atoms with Gasteiger partial charge in [-0.2, -0.15) is 0 Å². The number of thioether (sulfide) groups is 1. The first-order valence-electron chi connectivity index (χ1n) is 7.26. The van der Waals surface area contributed by atoms with E-state index >= 15 is 0 Å². The van der Waals surface area contributed by atoms with Crippen LogP contribution in [0.1, 0.15) is 38.6 Å². The van der Waals surface area contributed by atoms with Crippen LogP contribution in [0.4, 0.5) is 0 Å². The molecule has 2 rings (SSSR count). The molecule has 23 heavy (non-hydrogen) atoms. The van der Waals surface area contributed by atoms with Gasteiger partial charge >= 0.3 is 0 Å². The van der Waals surface area contributed by atoms with Crippen molar-refractivity contribution >= 4 is 34.9 Å². The second kappa shape index (κ2) is 7.66. The van der Waals surface area contributed by atoms with E-state index in [0.717, 1.165) is 10.5 Å². The highest BCUT2D eigenvalue weighted by Crippen LogP contribution is 2.27. The smallest absolute Gasteiger partial charge is 0.252 e. The molecular formula is C17H20N2O2S2. The molecule has 2 amide bonds. The topological polar surface area (TPSA) is 72.2 Å². The molecule has 2 aromatic rings. The summed E-state index contributed by atoms with van der Waals surface area (Å²) in [6.45, 7) is 6.10. The van der Waals surface area contributed by atoms with Gasteiger partial charge in [0.2, 0.25) is 5.91 Å². The van der Waals surface area contributed by atoms with Gasteiger partial charge in [0, 0.05) is 14.6 Å². The van der Waals surface area contributed by atoms with Crippen LogP contribution in [-0.2, 0) is 4.79 Å². The number of carbonyl (C=O) groups excluding carboxylic acids is 2. The molecule has 1 aromatic carbocycles. The Kier molecular flexibility index (Phi) is 5.85. The molecule has 3 N–H and O–H groups in total. The molecule has 0 aliphatic rings. The van der Waals surface area contributed by atoms with Crippen LogP contribution in [0.2, 0.25) is 0 Å². The summed E-state index contributed by atoms with van der Waals surface area (Å²) in [7, 11) is 0. The third-order valence-corrected chi connectivity index (χ3v) is 5.47. The number of carbonyl (C=O) groups is 2. The van der Waals surface area contributed by atoms with Gasteiger partial charge in [0.05, 0.1) is 17.4 Å². The molecule has 6 heteroatoms. The summed E-state index contributed by atoms with van der Waals surface area (Å²) in [4.78, 5) is 26.7. The van der Waals surface area contributed by atoms with E-state index in [1.165, 1.54) is 21.5 Å². The summed E-state index contributed by atoms with van der Waals surface area (Å²) < 4.78 is 0. The highest BCUT2D eigenvalue weighted by molar-refractivity contribution is 8.00. The highest BCUT2D eigenvalue weighted by atomic mass is 32.2. The fraction of sp³-hybridized carbons (Fsp3) is 0.294. The number of nitrogens with two attached hydrogens (primary N) is 1. The Labute approximate surface area is 144 Å². The van der Waals surface area contributed by atoms with E-state index in [-0.39, 0.29) is 17.7 Å². The van der Waals surface area contributed by atoms with Crippen molar-refractivity contribution in [3.8, 4) is 0 Å². The lowest BCUT2D eigenvalue weighted by atomic mass is 10.1. The second-order valence-corrected chi connectivity index (χ2v) is 7.79. The molecule has 1 heterocycles. The number of nitrogens with one attached hydrogen (secondary N) is 1. The zero-order chi connectivity index (χ0) is 17.0. The van der Waals surface area contributed by atoms with E-state index in [1.54, 1.807) is 17.4 Å². The third kappa shape index (κ3) is 4.59. The van der Waals surface area contributed by atoms with Crippen molar-refractivity contribution in [2.24, 2.45) is 5.73 Å². The maximum Gasteiger partial charge on any atom is 0.252 e. The van der Waals surface area contributed by atoms with E-state index in [9.17, 15) is 9.59 Å². The molecule has 0 aliphatic carbocycles. The highest BCUT2D eigenvalue weighted by Gasteiger charge is 2.17. The maximum absolute atomic E-state index is 12.6. The summed E-state index contributed by atoms with van der Waals surface area (Å²) in [5.74, 6) is -0.390.